The van der Waals surface area contributed by atoms with Crippen LogP contribution in [-0.4, -0.2) is 78.9 Å². The molecular formula is C26H41N3O4. The SMILES string of the molecule is CC.CO.OC1CC(O)CN(Cc2ccc(CNc3ccc(N4CCOCC4)cc3)cc2)C1. The van der Waals surface area contributed by atoms with Crippen molar-refractivity contribution in [2.45, 2.75) is 45.6 Å². The lowest BCUT2D eigenvalue weighted by molar-refractivity contribution is -0.0110. The fraction of sp³-hybridized carbons (Fsp3) is 0.538. The number of likely N-dealkylation sites (tertiary alicyclic amines) is 1. The minimum absolute atomic E-state index is 0.433. The molecule has 0 aromatic heterocycles. The van der Waals surface area contributed by atoms with Gasteiger partial charge in [-0.25, -0.2) is 0 Å². The molecule has 4 rings (SSSR count). The Morgan fingerprint density at radius 2 is 1.39 bits per heavy atom. The van der Waals surface area contributed by atoms with Crippen LogP contribution in [0.3, 0.4) is 0 Å². The molecule has 2 aromatic carbocycles. The van der Waals surface area contributed by atoms with Crippen LogP contribution >= 0.6 is 0 Å². The molecule has 33 heavy (non-hydrogen) atoms. The Morgan fingerprint density at radius 3 is 1.97 bits per heavy atom. The number of hydrogen-bond acceptors (Lipinski definition) is 7. The summed E-state index contributed by atoms with van der Waals surface area (Å²) in [7, 11) is 1.00. The van der Waals surface area contributed by atoms with Crippen molar-refractivity contribution in [3.8, 4) is 0 Å². The van der Waals surface area contributed by atoms with Gasteiger partial charge < -0.3 is 30.3 Å². The van der Waals surface area contributed by atoms with Gasteiger partial charge in [-0.1, -0.05) is 38.1 Å². The fourth-order valence-electron chi connectivity index (χ4n) is 4.10. The van der Waals surface area contributed by atoms with Gasteiger partial charge in [0.1, 0.15) is 0 Å². The van der Waals surface area contributed by atoms with Crippen LogP contribution in [0.1, 0.15) is 31.4 Å². The van der Waals surface area contributed by atoms with Crippen LogP contribution in [0.4, 0.5) is 11.4 Å². The first-order chi connectivity index (χ1) is 16.2. The summed E-state index contributed by atoms with van der Waals surface area (Å²) in [6.07, 6.45) is -0.386. The van der Waals surface area contributed by atoms with E-state index in [4.69, 9.17) is 9.84 Å². The van der Waals surface area contributed by atoms with Crippen LogP contribution < -0.4 is 10.2 Å². The van der Waals surface area contributed by atoms with Crippen molar-refractivity contribution in [1.29, 1.82) is 0 Å². The number of ether oxygens (including phenoxy) is 1. The summed E-state index contributed by atoms with van der Waals surface area (Å²) in [5.74, 6) is 0. The van der Waals surface area contributed by atoms with E-state index >= 15 is 0 Å². The highest BCUT2D eigenvalue weighted by Crippen LogP contribution is 2.20. The number of nitrogens with zero attached hydrogens (tertiary/aromatic N) is 2. The van der Waals surface area contributed by atoms with Crippen LogP contribution in [0.15, 0.2) is 48.5 Å². The Balaban J connectivity index is 0.000000914. The van der Waals surface area contributed by atoms with Gasteiger partial charge in [-0.2, -0.15) is 0 Å². The van der Waals surface area contributed by atoms with Crippen LogP contribution in [0.5, 0.6) is 0 Å². The number of aliphatic hydroxyl groups is 3. The molecule has 2 aliphatic rings. The molecule has 7 heteroatoms. The normalized spacial score (nSPS) is 20.7. The topological polar surface area (TPSA) is 88.4 Å². The average Bonchev–Trinajstić information content (AvgIpc) is 2.86. The fourth-order valence-corrected chi connectivity index (χ4v) is 4.10. The molecule has 184 valence electrons. The molecule has 2 heterocycles. The predicted octanol–water partition coefficient (Wildman–Crippen LogP) is 2.70. The van der Waals surface area contributed by atoms with Crippen molar-refractivity contribution in [3.63, 3.8) is 0 Å². The Labute approximate surface area is 198 Å². The lowest BCUT2D eigenvalue weighted by Crippen LogP contribution is -2.45. The van der Waals surface area contributed by atoms with Gasteiger partial charge in [0.15, 0.2) is 0 Å². The molecule has 0 spiro atoms. The summed E-state index contributed by atoms with van der Waals surface area (Å²) in [5.41, 5.74) is 4.79. The maximum atomic E-state index is 9.82. The number of hydrogen-bond donors (Lipinski definition) is 4. The third-order valence-electron chi connectivity index (χ3n) is 5.65. The van der Waals surface area contributed by atoms with Crippen molar-refractivity contribution in [3.05, 3.63) is 59.7 Å². The van der Waals surface area contributed by atoms with E-state index < -0.39 is 12.2 Å². The summed E-state index contributed by atoms with van der Waals surface area (Å²) in [4.78, 5) is 4.47. The van der Waals surface area contributed by atoms with Gasteiger partial charge in [0.05, 0.1) is 25.4 Å². The molecule has 2 aromatic rings. The summed E-state index contributed by atoms with van der Waals surface area (Å²) < 4.78 is 5.41. The summed E-state index contributed by atoms with van der Waals surface area (Å²) in [6.45, 7) is 10.3. The van der Waals surface area contributed by atoms with E-state index in [9.17, 15) is 10.2 Å². The Morgan fingerprint density at radius 1 is 0.848 bits per heavy atom. The third kappa shape index (κ3) is 8.95. The highest BCUT2D eigenvalue weighted by atomic mass is 16.5. The third-order valence-corrected chi connectivity index (χ3v) is 5.65. The Bertz CT molecular complexity index is 754. The van der Waals surface area contributed by atoms with E-state index in [1.807, 2.05) is 13.8 Å². The monoisotopic (exact) mass is 459 g/mol. The molecule has 2 atom stereocenters. The number of anilines is 2. The van der Waals surface area contributed by atoms with Gasteiger partial charge >= 0.3 is 0 Å². The second-order valence-corrected chi connectivity index (χ2v) is 8.05. The van der Waals surface area contributed by atoms with Gasteiger partial charge in [0.25, 0.3) is 0 Å². The van der Waals surface area contributed by atoms with Gasteiger partial charge in [0, 0.05) is 64.2 Å². The van der Waals surface area contributed by atoms with Crippen LogP contribution in [-0.2, 0) is 17.8 Å². The molecule has 0 amide bonds. The molecule has 2 unspecified atom stereocenters. The van der Waals surface area contributed by atoms with E-state index in [-0.39, 0.29) is 0 Å². The largest absolute Gasteiger partial charge is 0.400 e. The van der Waals surface area contributed by atoms with E-state index in [0.29, 0.717) is 19.5 Å². The first-order valence-electron chi connectivity index (χ1n) is 11.9. The molecule has 4 N–H and O–H groups in total. The maximum absolute atomic E-state index is 9.82. The zero-order valence-electron chi connectivity index (χ0n) is 20.3. The van der Waals surface area contributed by atoms with Gasteiger partial charge in [-0.05, 0) is 35.4 Å². The quantitative estimate of drug-likeness (QED) is 0.528. The van der Waals surface area contributed by atoms with E-state index in [1.165, 1.54) is 16.8 Å². The van der Waals surface area contributed by atoms with Crippen molar-refractivity contribution in [2.24, 2.45) is 0 Å². The van der Waals surface area contributed by atoms with Crippen molar-refractivity contribution in [1.82, 2.24) is 4.90 Å². The van der Waals surface area contributed by atoms with Crippen molar-refractivity contribution < 1.29 is 20.1 Å². The van der Waals surface area contributed by atoms with Crippen molar-refractivity contribution >= 4 is 11.4 Å². The second kappa shape index (κ2) is 14.9. The number of piperidine rings is 1. The number of β-amino-alcohol motifs (C(OH)–C–C–N with tert-alkyl or cyclic N) is 2. The molecule has 2 aliphatic heterocycles. The van der Waals surface area contributed by atoms with Gasteiger partial charge in [-0.3, -0.25) is 4.90 Å². The maximum Gasteiger partial charge on any atom is 0.0692 e. The van der Waals surface area contributed by atoms with E-state index in [2.05, 4.69) is 63.6 Å². The zero-order chi connectivity index (χ0) is 24.1. The minimum Gasteiger partial charge on any atom is -0.400 e. The van der Waals surface area contributed by atoms with E-state index in [0.717, 1.165) is 52.2 Å². The number of benzene rings is 2. The number of rotatable bonds is 6. The van der Waals surface area contributed by atoms with Crippen LogP contribution in [0.2, 0.25) is 0 Å². The number of aliphatic hydroxyl groups excluding tert-OH is 3. The molecule has 0 bridgehead atoms. The predicted molar refractivity (Wildman–Crippen MR) is 135 cm³/mol. The summed E-state index contributed by atoms with van der Waals surface area (Å²) >= 11 is 0. The second-order valence-electron chi connectivity index (χ2n) is 8.05. The molecular weight excluding hydrogens is 418 g/mol. The average molecular weight is 460 g/mol. The highest BCUT2D eigenvalue weighted by Gasteiger charge is 2.24. The highest BCUT2D eigenvalue weighted by molar-refractivity contribution is 5.55. The first-order valence-corrected chi connectivity index (χ1v) is 11.9. The molecule has 7 nitrogen and oxygen atoms in total. The van der Waals surface area contributed by atoms with Crippen LogP contribution in [0, 0.1) is 0 Å². The van der Waals surface area contributed by atoms with E-state index in [1.54, 1.807) is 0 Å². The Hall–Kier alpha value is -2.16. The smallest absolute Gasteiger partial charge is 0.0692 e. The first kappa shape index (κ1) is 27.1. The molecule has 0 aliphatic carbocycles. The number of nitrogens with one attached hydrogen (secondary N) is 1. The molecule has 2 fully saturated rings. The molecule has 2 saturated heterocycles. The number of morpholine rings is 1. The lowest BCUT2D eigenvalue weighted by atomic mass is 10.0. The van der Waals surface area contributed by atoms with Crippen molar-refractivity contribution in [2.75, 3.05) is 56.7 Å². The Kier molecular flexibility index (Phi) is 12.2. The summed E-state index contributed by atoms with van der Waals surface area (Å²) in [6, 6.07) is 17.1. The lowest BCUT2D eigenvalue weighted by Gasteiger charge is -2.33. The summed E-state index contributed by atoms with van der Waals surface area (Å²) in [5, 5.41) is 30.1. The zero-order valence-corrected chi connectivity index (χ0v) is 20.3. The molecule has 0 radical (unpaired) electrons. The van der Waals surface area contributed by atoms with Gasteiger partial charge in [-0.15, -0.1) is 0 Å². The standard InChI is InChI=1S/C23H31N3O3.C2H6.CH4O/c27-22-13-23(28)17-25(16-22)15-19-3-1-18(2-4-19)14-24-20-5-7-21(8-6-20)26-9-11-29-12-10-26;2*1-2/h1-8,22-24,27-28H,9-17H2;1-2H3;2H,1H3. The molecule has 0 saturated carbocycles. The minimum atomic E-state index is -0.433. The van der Waals surface area contributed by atoms with Crippen LogP contribution in [0.25, 0.3) is 0 Å². The van der Waals surface area contributed by atoms with Gasteiger partial charge in [0.2, 0.25) is 0 Å².